The Kier molecular flexibility index (Phi) is 6.01. The molecule has 3 unspecified atom stereocenters. The molecule has 1 amide bonds. The lowest BCUT2D eigenvalue weighted by Gasteiger charge is -2.16. The monoisotopic (exact) mass is 396 g/mol. The van der Waals surface area contributed by atoms with E-state index in [0.717, 1.165) is 15.3 Å². The van der Waals surface area contributed by atoms with Gasteiger partial charge in [0.1, 0.15) is 10.7 Å². The zero-order valence-electron chi connectivity index (χ0n) is 15.1. The van der Waals surface area contributed by atoms with E-state index < -0.39 is 6.10 Å². The molecule has 1 aliphatic rings. The van der Waals surface area contributed by atoms with Crippen molar-refractivity contribution in [2.45, 2.75) is 37.9 Å². The van der Waals surface area contributed by atoms with Gasteiger partial charge in [-0.25, -0.2) is 4.98 Å². The van der Waals surface area contributed by atoms with Gasteiger partial charge in [-0.05, 0) is 26.3 Å². The number of aliphatic hydroxyl groups excluding tert-OH is 1. The van der Waals surface area contributed by atoms with Crippen LogP contribution < -0.4 is 16.2 Å². The highest BCUT2D eigenvalue weighted by atomic mass is 32.2. The highest BCUT2D eigenvalue weighted by Crippen LogP contribution is 2.26. The van der Waals surface area contributed by atoms with Crippen LogP contribution in [0.1, 0.15) is 23.2 Å². The van der Waals surface area contributed by atoms with Crippen LogP contribution in [0.5, 0.6) is 0 Å². The number of hydrogen-bond donors (Lipinski definition) is 4. The second-order valence-electron chi connectivity index (χ2n) is 6.66. The summed E-state index contributed by atoms with van der Waals surface area (Å²) in [6.07, 6.45) is -0.406. The van der Waals surface area contributed by atoms with Gasteiger partial charge in [-0.3, -0.25) is 9.59 Å². The molecule has 7 nitrogen and oxygen atoms in total. The number of nitrogens with one attached hydrogen (secondary N) is 3. The zero-order chi connectivity index (χ0) is 18.8. The highest BCUT2D eigenvalue weighted by Gasteiger charge is 2.26. The summed E-state index contributed by atoms with van der Waals surface area (Å²) in [4.78, 5) is 33.7. The molecule has 1 saturated heterocycles. The molecule has 1 fully saturated rings. The van der Waals surface area contributed by atoms with Gasteiger partial charge >= 0.3 is 0 Å². The average molecular weight is 397 g/mol. The molecule has 142 valence electrons. The number of rotatable bonds is 6. The minimum absolute atomic E-state index is 0.0573. The van der Waals surface area contributed by atoms with Gasteiger partial charge < -0.3 is 20.7 Å². The van der Waals surface area contributed by atoms with Crippen molar-refractivity contribution in [3.05, 3.63) is 26.6 Å². The molecule has 0 aromatic carbocycles. The molecule has 0 bridgehead atoms. The van der Waals surface area contributed by atoms with E-state index in [1.807, 2.05) is 20.8 Å². The van der Waals surface area contributed by atoms with E-state index in [2.05, 4.69) is 20.6 Å². The fourth-order valence-electron chi connectivity index (χ4n) is 2.95. The Bertz CT molecular complexity index is 864. The molecule has 0 spiro atoms. The lowest BCUT2D eigenvalue weighted by Crippen LogP contribution is -2.38. The number of aromatic amines is 1. The molecule has 0 radical (unpaired) electrons. The third-order valence-electron chi connectivity index (χ3n) is 4.77. The number of thiophene rings is 1. The van der Waals surface area contributed by atoms with E-state index in [1.165, 1.54) is 23.1 Å². The topological polar surface area (TPSA) is 107 Å². The molecule has 3 heterocycles. The largest absolute Gasteiger partial charge is 0.391 e. The van der Waals surface area contributed by atoms with Crippen molar-refractivity contribution < 1.29 is 9.90 Å². The molecule has 3 rings (SSSR count). The third kappa shape index (κ3) is 4.11. The minimum Gasteiger partial charge on any atom is -0.391 e. The summed E-state index contributed by atoms with van der Waals surface area (Å²) in [6, 6.07) is 0. The second-order valence-corrected chi connectivity index (χ2v) is 9.19. The molecular weight excluding hydrogens is 372 g/mol. The molecule has 9 heteroatoms. The lowest BCUT2D eigenvalue weighted by atomic mass is 10.1. The van der Waals surface area contributed by atoms with E-state index in [0.29, 0.717) is 36.6 Å². The number of aryl methyl sites for hydroxylation is 2. The van der Waals surface area contributed by atoms with Crippen molar-refractivity contribution in [2.24, 2.45) is 5.92 Å². The van der Waals surface area contributed by atoms with E-state index in [-0.39, 0.29) is 22.6 Å². The standard InChI is InChI=1S/C17H24N4O3S2/c1-8-9(2)26-17-14(8)16(24)20-13(21-17)7-25-10(3)15(23)19-5-11-4-18-6-12(11)22/h10-12,18,22H,4-7H2,1-3H3,(H,19,23)(H,20,21,24). The summed E-state index contributed by atoms with van der Waals surface area (Å²) in [7, 11) is 0. The van der Waals surface area contributed by atoms with E-state index in [4.69, 9.17) is 0 Å². The van der Waals surface area contributed by atoms with Gasteiger partial charge in [0, 0.05) is 30.4 Å². The van der Waals surface area contributed by atoms with E-state index in [9.17, 15) is 14.7 Å². The zero-order valence-corrected chi connectivity index (χ0v) is 16.7. The Hall–Kier alpha value is -1.42. The molecule has 2 aromatic rings. The fraction of sp³-hybridized carbons (Fsp3) is 0.588. The van der Waals surface area contributed by atoms with Crippen LogP contribution in [0.3, 0.4) is 0 Å². The molecule has 2 aromatic heterocycles. The van der Waals surface area contributed by atoms with Crippen molar-refractivity contribution in [1.29, 1.82) is 0 Å². The lowest BCUT2D eigenvalue weighted by molar-refractivity contribution is -0.120. The number of amides is 1. The summed E-state index contributed by atoms with van der Waals surface area (Å²) in [6.45, 7) is 7.51. The number of aromatic nitrogens is 2. The van der Waals surface area contributed by atoms with Crippen LogP contribution in [0.2, 0.25) is 0 Å². The number of H-pyrrole nitrogens is 1. The molecular formula is C17H24N4O3S2. The van der Waals surface area contributed by atoms with Gasteiger partial charge in [-0.2, -0.15) is 0 Å². The Morgan fingerprint density at radius 1 is 1.46 bits per heavy atom. The number of carbonyl (C=O) groups excluding carboxylic acids is 1. The summed E-state index contributed by atoms with van der Waals surface area (Å²) in [5, 5.41) is 16.2. The van der Waals surface area contributed by atoms with Crippen LogP contribution in [0.4, 0.5) is 0 Å². The van der Waals surface area contributed by atoms with Gasteiger partial charge in [0.25, 0.3) is 5.56 Å². The number of thioether (sulfide) groups is 1. The third-order valence-corrected chi connectivity index (χ3v) is 7.03. The Morgan fingerprint density at radius 3 is 2.92 bits per heavy atom. The van der Waals surface area contributed by atoms with Gasteiger partial charge in [-0.1, -0.05) is 0 Å². The smallest absolute Gasteiger partial charge is 0.259 e. The predicted octanol–water partition coefficient (Wildman–Crippen LogP) is 0.920. The highest BCUT2D eigenvalue weighted by molar-refractivity contribution is 7.99. The van der Waals surface area contributed by atoms with Crippen molar-refractivity contribution in [1.82, 2.24) is 20.6 Å². The molecule has 0 aliphatic carbocycles. The Morgan fingerprint density at radius 2 is 2.23 bits per heavy atom. The first-order valence-corrected chi connectivity index (χ1v) is 10.5. The summed E-state index contributed by atoms with van der Waals surface area (Å²) < 4.78 is 0. The molecule has 4 N–H and O–H groups in total. The number of fused-ring (bicyclic) bond motifs is 1. The van der Waals surface area contributed by atoms with Crippen LogP contribution >= 0.6 is 23.1 Å². The van der Waals surface area contributed by atoms with Crippen molar-refractivity contribution >= 4 is 39.2 Å². The Labute approximate surface area is 160 Å². The van der Waals surface area contributed by atoms with Gasteiger partial charge in [0.05, 0.1) is 22.5 Å². The number of β-amino-alcohol motifs (C(OH)–C–C–N with tert-alkyl or cyclic N) is 1. The first-order valence-electron chi connectivity index (χ1n) is 8.63. The van der Waals surface area contributed by atoms with Gasteiger partial charge in [0.2, 0.25) is 5.91 Å². The summed E-state index contributed by atoms with van der Waals surface area (Å²) in [5.41, 5.74) is 0.863. The number of hydrogen-bond acceptors (Lipinski definition) is 7. The van der Waals surface area contributed by atoms with Crippen LogP contribution in [0.15, 0.2) is 4.79 Å². The Balaban J connectivity index is 1.57. The predicted molar refractivity (Wildman–Crippen MR) is 106 cm³/mol. The second kappa shape index (κ2) is 8.08. The van der Waals surface area contributed by atoms with Crippen molar-refractivity contribution in [3.8, 4) is 0 Å². The molecule has 1 aliphatic heterocycles. The molecule has 0 saturated carbocycles. The quantitative estimate of drug-likeness (QED) is 0.578. The first kappa shape index (κ1) is 19.3. The molecule has 3 atom stereocenters. The van der Waals surface area contributed by atoms with Crippen LogP contribution in [0, 0.1) is 19.8 Å². The maximum atomic E-state index is 12.3. The van der Waals surface area contributed by atoms with E-state index in [1.54, 1.807) is 0 Å². The number of carbonyl (C=O) groups is 1. The minimum atomic E-state index is -0.406. The summed E-state index contributed by atoms with van der Waals surface area (Å²) in [5.74, 6) is 1.04. The van der Waals surface area contributed by atoms with Gasteiger partial charge in [-0.15, -0.1) is 23.1 Å². The van der Waals surface area contributed by atoms with Crippen LogP contribution in [-0.4, -0.2) is 52.0 Å². The molecule has 26 heavy (non-hydrogen) atoms. The normalized spacial score (nSPS) is 21.2. The number of aliphatic hydroxyl groups is 1. The average Bonchev–Trinajstić information content (AvgIpc) is 3.13. The van der Waals surface area contributed by atoms with Crippen molar-refractivity contribution in [3.63, 3.8) is 0 Å². The van der Waals surface area contributed by atoms with Crippen molar-refractivity contribution in [2.75, 3.05) is 19.6 Å². The van der Waals surface area contributed by atoms with Gasteiger partial charge in [0.15, 0.2) is 0 Å². The first-order chi connectivity index (χ1) is 12.4. The van der Waals surface area contributed by atoms with E-state index >= 15 is 0 Å². The summed E-state index contributed by atoms with van der Waals surface area (Å²) >= 11 is 2.95. The maximum absolute atomic E-state index is 12.3. The van der Waals surface area contributed by atoms with Crippen LogP contribution in [-0.2, 0) is 10.5 Å². The SMILES string of the molecule is Cc1sc2nc(CSC(C)C(=O)NCC3CNCC3O)[nH]c(=O)c2c1C. The fourth-order valence-corrected chi connectivity index (χ4v) is 4.78. The maximum Gasteiger partial charge on any atom is 0.259 e. The van der Waals surface area contributed by atoms with Crippen LogP contribution in [0.25, 0.3) is 10.2 Å². The number of nitrogens with zero attached hydrogens (tertiary/aromatic N) is 1.